The molecule has 0 aromatic carbocycles. The maximum Gasteiger partial charge on any atom is 0.0284 e. The third-order valence-corrected chi connectivity index (χ3v) is 6.04. The zero-order valence-electron chi connectivity index (χ0n) is 12.1. The highest BCUT2D eigenvalue weighted by Gasteiger charge is 2.56. The Morgan fingerprint density at radius 3 is 2.53 bits per heavy atom. The predicted molar refractivity (Wildman–Crippen MR) is 76.5 cm³/mol. The summed E-state index contributed by atoms with van der Waals surface area (Å²) in [6, 6.07) is 1.21. The SMILES string of the molecule is CN1CCC(C(NN2CCC3(CC3N)C2)C2CC2)C1. The summed E-state index contributed by atoms with van der Waals surface area (Å²) in [5.41, 5.74) is 10.5. The normalized spacial score (nSPS) is 45.2. The van der Waals surface area contributed by atoms with Gasteiger partial charge in [0.25, 0.3) is 0 Å². The molecule has 0 aromatic rings. The third kappa shape index (κ3) is 2.33. The molecule has 2 aliphatic heterocycles. The fourth-order valence-electron chi connectivity index (χ4n) is 4.38. The van der Waals surface area contributed by atoms with Crippen molar-refractivity contribution in [3.8, 4) is 0 Å². The van der Waals surface area contributed by atoms with E-state index < -0.39 is 0 Å². The largest absolute Gasteiger partial charge is 0.327 e. The maximum absolute atomic E-state index is 6.11. The minimum atomic E-state index is 0.483. The fraction of sp³-hybridized carbons (Fsp3) is 1.00. The molecule has 0 amide bonds. The van der Waals surface area contributed by atoms with Gasteiger partial charge < -0.3 is 10.6 Å². The molecule has 4 unspecified atom stereocenters. The molecule has 2 saturated heterocycles. The summed E-state index contributed by atoms with van der Waals surface area (Å²) in [4.78, 5) is 2.49. The highest BCUT2D eigenvalue weighted by atomic mass is 15.5. The summed E-state index contributed by atoms with van der Waals surface area (Å²) in [6.07, 6.45) is 6.82. The van der Waals surface area contributed by atoms with Gasteiger partial charge in [0.1, 0.15) is 0 Å². The Morgan fingerprint density at radius 1 is 1.21 bits per heavy atom. The van der Waals surface area contributed by atoms with Crippen LogP contribution < -0.4 is 11.2 Å². The molecular formula is C15H28N4. The van der Waals surface area contributed by atoms with Crippen molar-refractivity contribution in [2.24, 2.45) is 23.0 Å². The lowest BCUT2D eigenvalue weighted by molar-refractivity contribution is 0.142. The van der Waals surface area contributed by atoms with Gasteiger partial charge in [-0.25, -0.2) is 5.01 Å². The quantitative estimate of drug-likeness (QED) is 0.782. The molecule has 1 spiro atoms. The molecule has 4 heteroatoms. The molecule has 0 aromatic heterocycles. The van der Waals surface area contributed by atoms with Crippen LogP contribution in [-0.4, -0.2) is 55.2 Å². The number of nitrogens with two attached hydrogens (primary N) is 1. The molecule has 2 aliphatic carbocycles. The molecule has 0 radical (unpaired) electrons. The Hall–Kier alpha value is -0.160. The average molecular weight is 264 g/mol. The molecule has 19 heavy (non-hydrogen) atoms. The summed E-state index contributed by atoms with van der Waals surface area (Å²) in [6.45, 7) is 4.97. The number of likely N-dealkylation sites (tertiary alicyclic amines) is 1. The number of nitrogens with zero attached hydrogens (tertiary/aromatic N) is 2. The van der Waals surface area contributed by atoms with Crippen molar-refractivity contribution in [2.75, 3.05) is 33.2 Å². The van der Waals surface area contributed by atoms with Gasteiger partial charge in [-0.3, -0.25) is 5.43 Å². The molecule has 108 valence electrons. The molecule has 2 heterocycles. The van der Waals surface area contributed by atoms with Crippen LogP contribution in [0.1, 0.15) is 32.1 Å². The van der Waals surface area contributed by atoms with E-state index in [1.807, 2.05) is 0 Å². The summed E-state index contributed by atoms with van der Waals surface area (Å²) >= 11 is 0. The van der Waals surface area contributed by atoms with Crippen LogP contribution in [0.5, 0.6) is 0 Å². The van der Waals surface area contributed by atoms with E-state index >= 15 is 0 Å². The molecule has 3 N–H and O–H groups in total. The van der Waals surface area contributed by atoms with Crippen LogP contribution in [0.3, 0.4) is 0 Å². The second-order valence-electron chi connectivity index (χ2n) is 7.65. The van der Waals surface area contributed by atoms with E-state index in [2.05, 4.69) is 22.4 Å². The maximum atomic E-state index is 6.11. The first-order chi connectivity index (χ1) is 9.16. The fourth-order valence-corrected chi connectivity index (χ4v) is 4.38. The highest BCUT2D eigenvalue weighted by Crippen LogP contribution is 2.51. The summed E-state index contributed by atoms with van der Waals surface area (Å²) in [5, 5.41) is 2.51. The zero-order chi connectivity index (χ0) is 13.0. The standard InChI is InChI=1S/C15H28N4/c1-18-6-4-12(9-18)14(11-2-3-11)17-19-7-5-15(10-19)8-13(15)16/h11-14,17H,2-10,16H2,1H3. The minimum absolute atomic E-state index is 0.483. The lowest BCUT2D eigenvalue weighted by Crippen LogP contribution is -2.49. The van der Waals surface area contributed by atoms with E-state index in [0.29, 0.717) is 11.5 Å². The molecule has 4 fully saturated rings. The van der Waals surface area contributed by atoms with E-state index in [9.17, 15) is 0 Å². The van der Waals surface area contributed by atoms with Crippen molar-refractivity contribution >= 4 is 0 Å². The number of hydrogen-bond acceptors (Lipinski definition) is 4. The predicted octanol–water partition coefficient (Wildman–Crippen LogP) is 0.644. The second-order valence-corrected chi connectivity index (χ2v) is 7.65. The van der Waals surface area contributed by atoms with Crippen LogP contribution in [0.2, 0.25) is 0 Å². The van der Waals surface area contributed by atoms with Crippen molar-refractivity contribution in [2.45, 2.75) is 44.2 Å². The van der Waals surface area contributed by atoms with Gasteiger partial charge in [0, 0.05) is 37.1 Å². The second kappa shape index (κ2) is 4.42. The van der Waals surface area contributed by atoms with E-state index in [1.165, 1.54) is 58.3 Å². The van der Waals surface area contributed by atoms with Crippen LogP contribution in [0, 0.1) is 17.3 Å². The molecular weight excluding hydrogens is 236 g/mol. The first-order valence-electron chi connectivity index (χ1n) is 8.11. The van der Waals surface area contributed by atoms with Gasteiger partial charge in [-0.2, -0.15) is 0 Å². The Bertz CT molecular complexity index is 356. The van der Waals surface area contributed by atoms with E-state index in [1.54, 1.807) is 0 Å². The lowest BCUT2D eigenvalue weighted by Gasteiger charge is -2.30. The summed E-state index contributed by atoms with van der Waals surface area (Å²) < 4.78 is 0. The third-order valence-electron chi connectivity index (χ3n) is 6.04. The topological polar surface area (TPSA) is 44.5 Å². The monoisotopic (exact) mass is 264 g/mol. The summed E-state index contributed by atoms with van der Waals surface area (Å²) in [7, 11) is 2.26. The number of hydrazine groups is 1. The lowest BCUT2D eigenvalue weighted by atomic mass is 9.95. The van der Waals surface area contributed by atoms with Crippen LogP contribution >= 0.6 is 0 Å². The number of nitrogens with one attached hydrogen (secondary N) is 1. The molecule has 0 bridgehead atoms. The first-order valence-corrected chi connectivity index (χ1v) is 8.11. The van der Waals surface area contributed by atoms with Crippen LogP contribution in [-0.2, 0) is 0 Å². The van der Waals surface area contributed by atoms with Gasteiger partial charge in [0.2, 0.25) is 0 Å². The van der Waals surface area contributed by atoms with Crippen molar-refractivity contribution in [1.82, 2.24) is 15.3 Å². The van der Waals surface area contributed by atoms with Crippen molar-refractivity contribution < 1.29 is 0 Å². The van der Waals surface area contributed by atoms with E-state index in [0.717, 1.165) is 17.9 Å². The van der Waals surface area contributed by atoms with Gasteiger partial charge in [0.15, 0.2) is 0 Å². The number of rotatable bonds is 4. The molecule has 4 aliphatic rings. The van der Waals surface area contributed by atoms with Gasteiger partial charge in [0.05, 0.1) is 0 Å². The van der Waals surface area contributed by atoms with Gasteiger partial charge in [-0.15, -0.1) is 0 Å². The Morgan fingerprint density at radius 2 is 2.00 bits per heavy atom. The van der Waals surface area contributed by atoms with E-state index in [-0.39, 0.29) is 0 Å². The molecule has 4 rings (SSSR count). The van der Waals surface area contributed by atoms with E-state index in [4.69, 9.17) is 5.73 Å². The smallest absolute Gasteiger partial charge is 0.0284 e. The van der Waals surface area contributed by atoms with Gasteiger partial charge >= 0.3 is 0 Å². The van der Waals surface area contributed by atoms with Gasteiger partial charge in [-0.1, -0.05) is 0 Å². The van der Waals surface area contributed by atoms with Crippen LogP contribution in [0.15, 0.2) is 0 Å². The molecule has 4 atom stereocenters. The Labute approximate surface area is 116 Å². The van der Waals surface area contributed by atoms with Crippen molar-refractivity contribution in [1.29, 1.82) is 0 Å². The Kier molecular flexibility index (Phi) is 2.92. The van der Waals surface area contributed by atoms with Crippen LogP contribution in [0.4, 0.5) is 0 Å². The van der Waals surface area contributed by atoms with Gasteiger partial charge in [-0.05, 0) is 57.5 Å². The molecule has 4 nitrogen and oxygen atoms in total. The van der Waals surface area contributed by atoms with Crippen molar-refractivity contribution in [3.05, 3.63) is 0 Å². The molecule has 2 saturated carbocycles. The minimum Gasteiger partial charge on any atom is -0.327 e. The van der Waals surface area contributed by atoms with Crippen molar-refractivity contribution in [3.63, 3.8) is 0 Å². The Balaban J connectivity index is 1.37. The number of hydrogen-bond donors (Lipinski definition) is 2. The van der Waals surface area contributed by atoms with Crippen LogP contribution in [0.25, 0.3) is 0 Å². The highest BCUT2D eigenvalue weighted by molar-refractivity contribution is 5.10. The average Bonchev–Trinajstić information content (AvgIpc) is 3.21. The summed E-state index contributed by atoms with van der Waals surface area (Å²) in [5.74, 6) is 1.81. The first kappa shape index (κ1) is 12.6. The zero-order valence-corrected chi connectivity index (χ0v) is 12.1.